The Bertz CT molecular complexity index is 1800. The van der Waals surface area contributed by atoms with Gasteiger partial charge in [0.25, 0.3) is 11.8 Å². The summed E-state index contributed by atoms with van der Waals surface area (Å²) in [4.78, 5) is 47.0. The Morgan fingerprint density at radius 1 is 1.06 bits per heavy atom. The average molecular weight is 758 g/mol. The van der Waals surface area contributed by atoms with Crippen molar-refractivity contribution in [2.45, 2.75) is 95.9 Å². The van der Waals surface area contributed by atoms with E-state index in [9.17, 15) is 45.4 Å². The minimum absolute atomic E-state index is 0.00593. The van der Waals surface area contributed by atoms with Crippen LogP contribution in [0.2, 0.25) is 0 Å². The Balaban J connectivity index is 1.67. The van der Waals surface area contributed by atoms with Crippen LogP contribution in [-0.2, 0) is 34.9 Å². The highest BCUT2D eigenvalue weighted by Crippen LogP contribution is 2.44. The van der Waals surface area contributed by atoms with E-state index >= 15 is 4.79 Å². The number of aromatic nitrogens is 1. The van der Waals surface area contributed by atoms with Crippen LogP contribution in [0, 0.1) is 17.7 Å². The summed E-state index contributed by atoms with van der Waals surface area (Å²) >= 11 is 0.330. The quantitative estimate of drug-likeness (QED) is 0.209. The van der Waals surface area contributed by atoms with Crippen molar-refractivity contribution < 1.29 is 55.0 Å². The van der Waals surface area contributed by atoms with Crippen molar-refractivity contribution in [3.8, 4) is 5.75 Å². The van der Waals surface area contributed by atoms with E-state index in [1.54, 1.807) is 20.8 Å². The van der Waals surface area contributed by atoms with Gasteiger partial charge in [-0.05, 0) is 67.0 Å². The molecule has 0 saturated carbocycles. The second kappa shape index (κ2) is 15.0. The molecule has 1 unspecified atom stereocenters. The zero-order valence-electron chi connectivity index (χ0n) is 28.6. The molecule has 8 nitrogen and oxygen atoms in total. The molecule has 0 spiro atoms. The van der Waals surface area contributed by atoms with E-state index in [4.69, 9.17) is 4.74 Å². The Morgan fingerprint density at radius 3 is 2.40 bits per heavy atom. The first-order valence-electron chi connectivity index (χ1n) is 16.9. The highest BCUT2D eigenvalue weighted by atomic mass is 32.1. The fourth-order valence-corrected chi connectivity index (χ4v) is 8.01. The molecule has 0 bridgehead atoms. The van der Waals surface area contributed by atoms with Crippen LogP contribution in [-0.4, -0.2) is 61.9 Å². The number of carboxylic acid groups (broad SMARTS) is 1. The van der Waals surface area contributed by atoms with Crippen molar-refractivity contribution in [2.24, 2.45) is 11.8 Å². The highest BCUT2D eigenvalue weighted by Gasteiger charge is 2.57. The molecule has 1 saturated heterocycles. The highest BCUT2D eigenvalue weighted by molar-refractivity contribution is 7.10. The molecule has 2 aliphatic rings. The molecule has 2 amide bonds. The predicted octanol–water partition coefficient (Wildman–Crippen LogP) is 8.24. The molecular formula is C36H38F7N3O5S. The van der Waals surface area contributed by atoms with Crippen molar-refractivity contribution >= 4 is 29.1 Å². The van der Waals surface area contributed by atoms with Crippen LogP contribution in [0.25, 0.3) is 0 Å². The first kappa shape index (κ1) is 39.0. The Hall–Kier alpha value is -4.21. The van der Waals surface area contributed by atoms with Crippen molar-refractivity contribution in [3.05, 3.63) is 81.1 Å². The number of piperidine rings is 1. The second-order valence-electron chi connectivity index (χ2n) is 13.6. The number of amides is 2. The van der Waals surface area contributed by atoms with Gasteiger partial charge in [-0.1, -0.05) is 33.3 Å². The first-order valence-corrected chi connectivity index (χ1v) is 17.7. The maximum atomic E-state index is 15.3. The number of halogens is 7. The SMILES string of the molecule is CCC[C@H]1N(C(=O)c2ncccc2C(F)(F)F)CCC[C@@]1(Oc1csc(C(F)(F)F)c1)C(=O)N1Cc2ccc(F)cc2C[C@H]1CC(C(=O)O)C(C)C. The number of hydrogen-bond acceptors (Lipinski definition) is 6. The monoisotopic (exact) mass is 757 g/mol. The lowest BCUT2D eigenvalue weighted by atomic mass is 9.78. The summed E-state index contributed by atoms with van der Waals surface area (Å²) in [6, 6.07) is 4.35. The van der Waals surface area contributed by atoms with Crippen LogP contribution in [0.1, 0.15) is 84.9 Å². The van der Waals surface area contributed by atoms with Gasteiger partial charge in [0.15, 0.2) is 0 Å². The van der Waals surface area contributed by atoms with Crippen LogP contribution < -0.4 is 4.74 Å². The first-order chi connectivity index (χ1) is 24.4. The van der Waals surface area contributed by atoms with Gasteiger partial charge in [-0.15, -0.1) is 11.3 Å². The van der Waals surface area contributed by atoms with Crippen LogP contribution in [0.3, 0.4) is 0 Å². The number of fused-ring (bicyclic) bond motifs is 1. The van der Waals surface area contributed by atoms with E-state index in [1.807, 2.05) is 0 Å². The van der Waals surface area contributed by atoms with Gasteiger partial charge in [-0.2, -0.15) is 26.3 Å². The number of likely N-dealkylation sites (tertiary alicyclic amines) is 1. The minimum Gasteiger partial charge on any atom is -0.481 e. The topological polar surface area (TPSA) is 100 Å². The van der Waals surface area contributed by atoms with Gasteiger partial charge in [0.1, 0.15) is 22.1 Å². The van der Waals surface area contributed by atoms with Crippen LogP contribution >= 0.6 is 11.3 Å². The van der Waals surface area contributed by atoms with E-state index in [1.165, 1.54) is 23.1 Å². The lowest BCUT2D eigenvalue weighted by Crippen LogP contribution is -2.69. The Kier molecular flexibility index (Phi) is 11.3. The van der Waals surface area contributed by atoms with Crippen LogP contribution in [0.5, 0.6) is 5.75 Å². The van der Waals surface area contributed by atoms with Gasteiger partial charge in [0.05, 0.1) is 17.5 Å². The summed E-state index contributed by atoms with van der Waals surface area (Å²) in [5.74, 6) is -5.20. The van der Waals surface area contributed by atoms with Crippen molar-refractivity contribution in [2.75, 3.05) is 6.54 Å². The molecule has 52 heavy (non-hydrogen) atoms. The maximum Gasteiger partial charge on any atom is 0.425 e. The van der Waals surface area contributed by atoms with Gasteiger partial charge in [-0.3, -0.25) is 19.4 Å². The zero-order chi connectivity index (χ0) is 38.2. The third-order valence-corrected chi connectivity index (χ3v) is 10.8. The molecule has 1 aromatic carbocycles. The number of carbonyl (C=O) groups excluding carboxylic acids is 2. The largest absolute Gasteiger partial charge is 0.481 e. The number of nitrogens with zero attached hydrogens (tertiary/aromatic N) is 3. The summed E-state index contributed by atoms with van der Waals surface area (Å²) < 4.78 is 104. The molecular weight excluding hydrogens is 719 g/mol. The summed E-state index contributed by atoms with van der Waals surface area (Å²) in [6.45, 7) is 4.88. The predicted molar refractivity (Wildman–Crippen MR) is 176 cm³/mol. The number of alkyl halides is 6. The average Bonchev–Trinajstić information content (AvgIpc) is 3.55. The zero-order valence-corrected chi connectivity index (χ0v) is 29.4. The number of pyridine rings is 1. The van der Waals surface area contributed by atoms with Gasteiger partial charge in [0.2, 0.25) is 5.60 Å². The molecule has 282 valence electrons. The number of ether oxygens (including phenoxy) is 1. The smallest absolute Gasteiger partial charge is 0.425 e. The lowest BCUT2D eigenvalue weighted by Gasteiger charge is -2.51. The fourth-order valence-electron chi connectivity index (χ4n) is 7.33. The van der Waals surface area contributed by atoms with E-state index < -0.39 is 75.7 Å². The van der Waals surface area contributed by atoms with Gasteiger partial charge in [0, 0.05) is 43.2 Å². The summed E-state index contributed by atoms with van der Waals surface area (Å²) in [6.07, 6.45) is -8.49. The van der Waals surface area contributed by atoms with Crippen molar-refractivity contribution in [1.82, 2.24) is 14.8 Å². The number of rotatable bonds is 10. The summed E-state index contributed by atoms with van der Waals surface area (Å²) in [7, 11) is 0. The van der Waals surface area contributed by atoms with Gasteiger partial charge >= 0.3 is 18.3 Å². The van der Waals surface area contributed by atoms with Crippen molar-refractivity contribution in [1.29, 1.82) is 0 Å². The number of carboxylic acids is 1. The van der Waals surface area contributed by atoms with Crippen LogP contribution in [0.4, 0.5) is 30.7 Å². The molecule has 5 rings (SSSR count). The number of carbonyl (C=O) groups is 3. The number of thiophene rings is 1. The van der Waals surface area contributed by atoms with Crippen LogP contribution in [0.15, 0.2) is 48.0 Å². The fraction of sp³-hybridized carbons (Fsp3) is 0.500. The van der Waals surface area contributed by atoms with E-state index in [-0.39, 0.29) is 56.9 Å². The molecule has 4 atom stereocenters. The lowest BCUT2D eigenvalue weighted by molar-refractivity contribution is -0.164. The van der Waals surface area contributed by atoms with E-state index in [2.05, 4.69) is 4.98 Å². The van der Waals surface area contributed by atoms with E-state index in [0.29, 0.717) is 35.0 Å². The maximum absolute atomic E-state index is 15.3. The van der Waals surface area contributed by atoms with Gasteiger partial charge in [-0.25, -0.2) is 4.39 Å². The molecule has 1 N–H and O–H groups in total. The summed E-state index contributed by atoms with van der Waals surface area (Å²) in [5, 5.41) is 11.2. The Labute approximate surface area is 299 Å². The number of benzene rings is 1. The molecule has 4 heterocycles. The summed E-state index contributed by atoms with van der Waals surface area (Å²) in [5.41, 5.74) is -3.22. The minimum atomic E-state index is -4.95. The molecule has 1 fully saturated rings. The second-order valence-corrected chi connectivity index (χ2v) is 14.5. The standard InChI is InChI=1S/C36H38F7N3O5S/c1-4-7-28-34(51-25-17-29(52-19-25)36(41,42)43,11-6-13-45(28)31(47)30-27(35(38,39)40)8-5-12-44-30)33(50)46-18-21-9-10-23(37)14-22(21)15-24(46)16-26(20(2)3)32(48)49/h5,8-10,12,14,17,19-20,24,26,28H,4,6-7,11,13,15-16,18H2,1-3H3,(H,48,49)/t24-,26?,28+,34-/m0/s1. The number of hydrogen-bond donors (Lipinski definition) is 1. The molecule has 0 aliphatic carbocycles. The molecule has 2 aliphatic heterocycles. The molecule has 0 radical (unpaired) electrons. The number of aliphatic carboxylic acids is 1. The van der Waals surface area contributed by atoms with Crippen molar-refractivity contribution in [3.63, 3.8) is 0 Å². The van der Waals surface area contributed by atoms with Gasteiger partial charge < -0.3 is 19.6 Å². The molecule has 16 heteroatoms. The third kappa shape index (κ3) is 7.91. The Morgan fingerprint density at radius 2 is 1.79 bits per heavy atom. The third-order valence-electron chi connectivity index (χ3n) is 9.83. The molecule has 3 aromatic rings. The normalized spacial score (nSPS) is 21.5. The van der Waals surface area contributed by atoms with E-state index in [0.717, 1.165) is 28.6 Å². The molecule has 2 aromatic heterocycles.